The van der Waals surface area contributed by atoms with Gasteiger partial charge in [0.1, 0.15) is 0 Å². The van der Waals surface area contributed by atoms with Crippen molar-refractivity contribution in [2.45, 2.75) is 96.9 Å². The number of carbonyl (C=O) groups excluding carboxylic acids is 1. The van der Waals surface area contributed by atoms with Crippen molar-refractivity contribution >= 4 is 17.6 Å². The van der Waals surface area contributed by atoms with E-state index in [0.717, 1.165) is 57.4 Å². The molecule has 2 aromatic carbocycles. The van der Waals surface area contributed by atoms with Crippen molar-refractivity contribution in [3.8, 4) is 0 Å². The average Bonchev–Trinajstić information content (AvgIpc) is 2.93. The van der Waals surface area contributed by atoms with Gasteiger partial charge >= 0.3 is 5.97 Å². The summed E-state index contributed by atoms with van der Waals surface area (Å²) in [5.74, 6) is -0.433. The van der Waals surface area contributed by atoms with E-state index in [1.807, 2.05) is 30.0 Å². The van der Waals surface area contributed by atoms with E-state index in [0.29, 0.717) is 18.9 Å². The molecule has 0 aromatic heterocycles. The molecule has 1 heterocycles. The van der Waals surface area contributed by atoms with E-state index in [-0.39, 0.29) is 5.91 Å². The first-order valence-corrected chi connectivity index (χ1v) is 14.4. The Balaban J connectivity index is 0.000000341. The number of amides is 1. The molecule has 0 radical (unpaired) electrons. The number of aliphatic carboxylic acids is 1. The van der Waals surface area contributed by atoms with Crippen LogP contribution in [0, 0.1) is 0 Å². The minimum absolute atomic E-state index is 0.230. The molecule has 1 aliphatic heterocycles. The van der Waals surface area contributed by atoms with E-state index in [4.69, 9.17) is 5.11 Å². The van der Waals surface area contributed by atoms with Crippen LogP contribution in [0.2, 0.25) is 0 Å². The highest BCUT2D eigenvalue weighted by molar-refractivity contribution is 5.93. The predicted molar refractivity (Wildman–Crippen MR) is 154 cm³/mol. The van der Waals surface area contributed by atoms with E-state index in [9.17, 15) is 9.59 Å². The molecule has 0 aliphatic carbocycles. The zero-order valence-corrected chi connectivity index (χ0v) is 23.1. The highest BCUT2D eigenvalue weighted by atomic mass is 16.4. The molecule has 1 amide bonds. The first kappa shape index (κ1) is 30.6. The third-order valence-corrected chi connectivity index (χ3v) is 7.08. The topological polar surface area (TPSA) is 60.9 Å². The number of carboxylic acid groups (broad SMARTS) is 1. The number of para-hydroxylation sites is 1. The fraction of sp³-hybridized carbons (Fsp3) is 0.562. The maximum Gasteiger partial charge on any atom is 0.303 e. The lowest BCUT2D eigenvalue weighted by Gasteiger charge is -2.38. The highest BCUT2D eigenvalue weighted by Crippen LogP contribution is 2.24. The van der Waals surface area contributed by atoms with Gasteiger partial charge in [0.15, 0.2) is 0 Å². The van der Waals surface area contributed by atoms with Crippen LogP contribution in [0.1, 0.15) is 90.0 Å². The molecule has 3 rings (SSSR count). The fourth-order valence-corrected chi connectivity index (χ4v) is 4.88. The van der Waals surface area contributed by atoms with Crippen LogP contribution in [-0.4, -0.2) is 47.6 Å². The molecule has 0 unspecified atom stereocenters. The molecular weight excluding hydrogens is 460 g/mol. The maximum atomic E-state index is 12.5. The van der Waals surface area contributed by atoms with Crippen LogP contribution in [0.4, 0.5) is 5.69 Å². The third-order valence-electron chi connectivity index (χ3n) is 7.08. The summed E-state index contributed by atoms with van der Waals surface area (Å²) in [5.41, 5.74) is 2.44. The Morgan fingerprint density at radius 1 is 0.838 bits per heavy atom. The number of carbonyl (C=O) groups is 2. The lowest BCUT2D eigenvalue weighted by molar-refractivity contribution is -0.137. The molecule has 0 bridgehead atoms. The van der Waals surface area contributed by atoms with Gasteiger partial charge in [-0.05, 0) is 43.4 Å². The summed E-state index contributed by atoms with van der Waals surface area (Å²) < 4.78 is 0. The summed E-state index contributed by atoms with van der Waals surface area (Å²) >= 11 is 0. The van der Waals surface area contributed by atoms with Gasteiger partial charge in [0.2, 0.25) is 5.91 Å². The molecule has 37 heavy (non-hydrogen) atoms. The maximum absolute atomic E-state index is 12.5. The second kappa shape index (κ2) is 18.6. The monoisotopic (exact) mass is 508 g/mol. The van der Waals surface area contributed by atoms with Crippen LogP contribution in [-0.2, 0) is 16.0 Å². The molecule has 1 N–H and O–H groups in total. The van der Waals surface area contributed by atoms with Crippen molar-refractivity contribution in [3.05, 3.63) is 66.2 Å². The summed E-state index contributed by atoms with van der Waals surface area (Å²) in [6.45, 7) is 7.39. The molecule has 2 aromatic rings. The van der Waals surface area contributed by atoms with E-state index in [1.54, 1.807) is 0 Å². The van der Waals surface area contributed by atoms with Crippen molar-refractivity contribution in [3.63, 3.8) is 0 Å². The Bertz CT molecular complexity index is 864. The quantitative estimate of drug-likeness (QED) is 0.271. The molecule has 1 aliphatic rings. The minimum Gasteiger partial charge on any atom is -0.481 e. The summed E-state index contributed by atoms with van der Waals surface area (Å²) in [7, 11) is 0. The number of hydrogen-bond acceptors (Lipinski definition) is 3. The van der Waals surface area contributed by atoms with Crippen LogP contribution in [0.3, 0.4) is 0 Å². The third kappa shape index (κ3) is 12.4. The van der Waals surface area contributed by atoms with Crippen LogP contribution in [0.5, 0.6) is 0 Å². The molecule has 1 fully saturated rings. The Morgan fingerprint density at radius 3 is 1.97 bits per heavy atom. The number of hydrogen-bond donors (Lipinski definition) is 1. The zero-order valence-electron chi connectivity index (χ0n) is 23.1. The number of unbranched alkanes of at least 4 members (excludes halogenated alkanes) is 6. The summed E-state index contributed by atoms with van der Waals surface area (Å²) in [4.78, 5) is 27.2. The standard InChI is InChI=1S/C22H28N2O.C10H20O2/c1-2-22(25)24(20-11-7-4-8-12-20)21-14-17-23(18-15-21)16-13-19-9-5-3-6-10-19;1-2-3-4-5-6-7-8-9-10(11)12/h3-12,21H,2,13-18H2,1H3;2-9H2,1H3,(H,11,12). The number of rotatable bonds is 14. The molecule has 5 nitrogen and oxygen atoms in total. The van der Waals surface area contributed by atoms with Gasteiger partial charge in [0.05, 0.1) is 0 Å². The van der Waals surface area contributed by atoms with Gasteiger partial charge in [-0.3, -0.25) is 9.59 Å². The number of nitrogens with zero attached hydrogens (tertiary/aromatic N) is 2. The minimum atomic E-state index is -0.663. The van der Waals surface area contributed by atoms with Crippen molar-refractivity contribution in [1.82, 2.24) is 4.90 Å². The van der Waals surface area contributed by atoms with Crippen LogP contribution in [0.15, 0.2) is 60.7 Å². The smallest absolute Gasteiger partial charge is 0.303 e. The van der Waals surface area contributed by atoms with Crippen LogP contribution >= 0.6 is 0 Å². The molecular formula is C32H48N2O3. The molecule has 204 valence electrons. The lowest BCUT2D eigenvalue weighted by Crippen LogP contribution is -2.47. The average molecular weight is 509 g/mol. The molecule has 1 saturated heterocycles. The van der Waals surface area contributed by atoms with E-state index >= 15 is 0 Å². The van der Waals surface area contributed by atoms with Gasteiger partial charge in [-0.2, -0.15) is 0 Å². The Hall–Kier alpha value is -2.66. The van der Waals surface area contributed by atoms with Crippen LogP contribution in [0.25, 0.3) is 0 Å². The van der Waals surface area contributed by atoms with E-state index in [2.05, 4.69) is 54.3 Å². The van der Waals surface area contributed by atoms with Gasteiger partial charge in [0, 0.05) is 44.2 Å². The lowest BCUT2D eigenvalue weighted by atomic mass is 10.0. The molecule has 5 heteroatoms. The molecule has 0 atom stereocenters. The summed E-state index contributed by atoms with van der Waals surface area (Å²) in [5, 5.41) is 8.35. The molecule has 0 spiro atoms. The largest absolute Gasteiger partial charge is 0.481 e. The Morgan fingerprint density at radius 2 is 1.41 bits per heavy atom. The van der Waals surface area contributed by atoms with Crippen molar-refractivity contribution in [2.75, 3.05) is 24.5 Å². The van der Waals surface area contributed by atoms with Crippen molar-refractivity contribution in [1.29, 1.82) is 0 Å². The number of likely N-dealkylation sites (tertiary alicyclic amines) is 1. The Labute approximate surface area is 224 Å². The second-order valence-corrected chi connectivity index (χ2v) is 10.0. The van der Waals surface area contributed by atoms with Gasteiger partial charge in [-0.1, -0.05) is 101 Å². The van der Waals surface area contributed by atoms with Gasteiger partial charge in [-0.15, -0.1) is 0 Å². The fourth-order valence-electron chi connectivity index (χ4n) is 4.88. The highest BCUT2D eigenvalue weighted by Gasteiger charge is 2.28. The summed E-state index contributed by atoms with van der Waals surface area (Å²) in [6.07, 6.45) is 12.4. The number of piperidine rings is 1. The SMILES string of the molecule is CCC(=O)N(c1ccccc1)C1CCN(CCc2ccccc2)CC1.CCCCCCCCCC(=O)O. The van der Waals surface area contributed by atoms with E-state index in [1.165, 1.54) is 37.7 Å². The number of carboxylic acids is 1. The van der Waals surface area contributed by atoms with Gasteiger partial charge in [-0.25, -0.2) is 0 Å². The first-order chi connectivity index (χ1) is 18.0. The molecule has 0 saturated carbocycles. The first-order valence-electron chi connectivity index (χ1n) is 14.4. The predicted octanol–water partition coefficient (Wildman–Crippen LogP) is 7.35. The number of benzene rings is 2. The summed E-state index contributed by atoms with van der Waals surface area (Å²) in [6, 6.07) is 21.1. The number of anilines is 1. The zero-order chi connectivity index (χ0) is 26.7. The Kier molecular flexibility index (Phi) is 15.3. The van der Waals surface area contributed by atoms with Gasteiger partial charge < -0.3 is 14.9 Å². The van der Waals surface area contributed by atoms with Crippen molar-refractivity contribution in [2.24, 2.45) is 0 Å². The normalized spacial score (nSPS) is 14.0. The second-order valence-electron chi connectivity index (χ2n) is 10.0. The van der Waals surface area contributed by atoms with Gasteiger partial charge in [0.25, 0.3) is 0 Å². The van der Waals surface area contributed by atoms with Crippen molar-refractivity contribution < 1.29 is 14.7 Å². The van der Waals surface area contributed by atoms with Crippen LogP contribution < -0.4 is 4.90 Å². The van der Waals surface area contributed by atoms with E-state index < -0.39 is 5.97 Å².